The van der Waals surface area contributed by atoms with Crippen molar-refractivity contribution in [2.45, 2.75) is 40.5 Å². The normalized spacial score (nSPS) is 22.1. The van der Waals surface area contributed by atoms with Crippen LogP contribution in [0.4, 0.5) is 0 Å². The van der Waals surface area contributed by atoms with Crippen LogP contribution in [0.2, 0.25) is 5.02 Å². The fourth-order valence-electron chi connectivity index (χ4n) is 4.91. The van der Waals surface area contributed by atoms with Crippen molar-refractivity contribution in [1.82, 2.24) is 19.9 Å². The zero-order valence-corrected chi connectivity index (χ0v) is 18.8. The van der Waals surface area contributed by atoms with Gasteiger partial charge in [0.25, 0.3) is 5.91 Å². The van der Waals surface area contributed by atoms with E-state index < -0.39 is 0 Å². The van der Waals surface area contributed by atoms with E-state index in [0.29, 0.717) is 46.2 Å². The summed E-state index contributed by atoms with van der Waals surface area (Å²) in [5.41, 5.74) is 1.74. The predicted molar refractivity (Wildman–Crippen MR) is 121 cm³/mol. The van der Waals surface area contributed by atoms with Gasteiger partial charge in [-0.15, -0.1) is 0 Å². The number of fused-ring (bicyclic) bond motifs is 1. The van der Waals surface area contributed by atoms with Crippen LogP contribution >= 0.6 is 11.6 Å². The van der Waals surface area contributed by atoms with Gasteiger partial charge < -0.3 is 5.32 Å². The molecule has 1 N–H and O–H groups in total. The highest BCUT2D eigenvalue weighted by Gasteiger charge is 2.46. The average Bonchev–Trinajstić information content (AvgIpc) is 3.12. The largest absolute Gasteiger partial charge is 0.352 e. The first-order valence-corrected chi connectivity index (χ1v) is 11.1. The molecule has 1 aliphatic carbocycles. The molecule has 0 saturated heterocycles. The molecule has 6 heteroatoms. The number of hydrogen-bond donors (Lipinski definition) is 1. The van der Waals surface area contributed by atoms with Gasteiger partial charge in [-0.05, 0) is 54.2 Å². The summed E-state index contributed by atoms with van der Waals surface area (Å²) in [7, 11) is 0. The molecule has 4 rings (SSSR count). The summed E-state index contributed by atoms with van der Waals surface area (Å²) in [4.78, 5) is 21.8. The lowest BCUT2D eigenvalue weighted by Crippen LogP contribution is -2.47. The first-order valence-electron chi connectivity index (χ1n) is 10.7. The van der Waals surface area contributed by atoms with Gasteiger partial charge in [0.2, 0.25) is 5.95 Å². The fourth-order valence-corrected chi connectivity index (χ4v) is 5.18. The third-order valence-electron chi connectivity index (χ3n) is 7.22. The first kappa shape index (κ1) is 20.9. The van der Waals surface area contributed by atoms with E-state index in [0.717, 1.165) is 10.9 Å². The predicted octanol–water partition coefficient (Wildman–Crippen LogP) is 5.51. The summed E-state index contributed by atoms with van der Waals surface area (Å²) in [6.45, 7) is 9.90. The van der Waals surface area contributed by atoms with E-state index >= 15 is 0 Å². The SMILES string of the molecule is CC(C)C1(C)CCC1[C@H](C)CNC(=O)c1cn(-c2ncccn2)c2cccc(Cl)c12. The van der Waals surface area contributed by atoms with E-state index in [2.05, 4.69) is 43.0 Å². The molecule has 1 aliphatic rings. The Labute approximate surface area is 182 Å². The van der Waals surface area contributed by atoms with Gasteiger partial charge in [-0.3, -0.25) is 9.36 Å². The molecule has 2 unspecified atom stereocenters. The Morgan fingerprint density at radius 3 is 2.63 bits per heavy atom. The highest BCUT2D eigenvalue weighted by Crippen LogP contribution is 2.54. The Kier molecular flexibility index (Phi) is 5.58. The molecule has 158 valence electrons. The Balaban J connectivity index is 1.58. The molecular formula is C24H29ClN4O. The van der Waals surface area contributed by atoms with Gasteiger partial charge in [-0.25, -0.2) is 9.97 Å². The van der Waals surface area contributed by atoms with Gasteiger partial charge in [0.05, 0.1) is 16.1 Å². The maximum absolute atomic E-state index is 13.2. The first-order chi connectivity index (χ1) is 14.3. The van der Waals surface area contributed by atoms with Crippen LogP contribution < -0.4 is 5.32 Å². The van der Waals surface area contributed by atoms with Crippen LogP contribution in [0.1, 0.15) is 50.9 Å². The molecule has 2 aromatic heterocycles. The summed E-state index contributed by atoms with van der Waals surface area (Å²) in [5, 5.41) is 4.43. The van der Waals surface area contributed by atoms with Crippen LogP contribution in [0.15, 0.2) is 42.9 Å². The van der Waals surface area contributed by atoms with E-state index in [1.807, 2.05) is 22.8 Å². The minimum absolute atomic E-state index is 0.111. The monoisotopic (exact) mass is 424 g/mol. The van der Waals surface area contributed by atoms with Crippen molar-refractivity contribution in [3.05, 3.63) is 53.4 Å². The minimum Gasteiger partial charge on any atom is -0.352 e. The summed E-state index contributed by atoms with van der Waals surface area (Å²) in [5.74, 6) is 2.12. The number of carbonyl (C=O) groups is 1. The topological polar surface area (TPSA) is 59.8 Å². The summed E-state index contributed by atoms with van der Waals surface area (Å²) >= 11 is 6.49. The number of nitrogens with one attached hydrogen (secondary N) is 1. The highest BCUT2D eigenvalue weighted by atomic mass is 35.5. The minimum atomic E-state index is -0.111. The molecule has 3 aromatic rings. The van der Waals surface area contributed by atoms with Crippen LogP contribution in [0.25, 0.3) is 16.9 Å². The van der Waals surface area contributed by atoms with Gasteiger partial charge in [-0.2, -0.15) is 0 Å². The molecule has 0 radical (unpaired) electrons. The molecule has 5 nitrogen and oxygen atoms in total. The molecule has 0 aliphatic heterocycles. The molecule has 1 saturated carbocycles. The van der Waals surface area contributed by atoms with Crippen LogP contribution in [0.5, 0.6) is 0 Å². The van der Waals surface area contributed by atoms with Crippen molar-refractivity contribution < 1.29 is 4.79 Å². The number of benzene rings is 1. The van der Waals surface area contributed by atoms with Crippen LogP contribution in [0, 0.1) is 23.2 Å². The summed E-state index contributed by atoms with van der Waals surface area (Å²) in [6.07, 6.45) is 7.67. The lowest BCUT2D eigenvalue weighted by atomic mass is 9.52. The average molecular weight is 425 g/mol. The number of halogens is 1. The standard InChI is InChI=1S/C24H29ClN4O/c1-15(2)24(4)10-9-18(24)16(3)13-28-22(30)17-14-29(23-26-11-6-12-27-23)20-8-5-7-19(25)21(17)20/h5-8,11-12,14-16,18H,9-10,13H2,1-4H3,(H,28,30)/t16-,18?,24?/m1/s1. The quantitative estimate of drug-likeness (QED) is 0.567. The van der Waals surface area contributed by atoms with Crippen LogP contribution in [-0.2, 0) is 0 Å². The third kappa shape index (κ3) is 3.49. The molecule has 1 aromatic carbocycles. The van der Waals surface area contributed by atoms with Gasteiger partial charge in [-0.1, -0.05) is 45.4 Å². The second kappa shape index (κ2) is 8.03. The zero-order chi connectivity index (χ0) is 21.5. The Morgan fingerprint density at radius 1 is 1.27 bits per heavy atom. The second-order valence-electron chi connectivity index (χ2n) is 9.09. The van der Waals surface area contributed by atoms with E-state index in [9.17, 15) is 4.79 Å². The lowest BCUT2D eigenvalue weighted by molar-refractivity contribution is -0.0328. The van der Waals surface area contributed by atoms with Crippen molar-refractivity contribution in [1.29, 1.82) is 0 Å². The molecule has 3 atom stereocenters. The van der Waals surface area contributed by atoms with Crippen molar-refractivity contribution in [2.24, 2.45) is 23.2 Å². The highest BCUT2D eigenvalue weighted by molar-refractivity contribution is 6.37. The molecule has 1 amide bonds. The van der Waals surface area contributed by atoms with E-state index in [4.69, 9.17) is 11.6 Å². The molecule has 0 spiro atoms. The molecule has 1 fully saturated rings. The van der Waals surface area contributed by atoms with Crippen LogP contribution in [0.3, 0.4) is 0 Å². The van der Waals surface area contributed by atoms with Gasteiger partial charge >= 0.3 is 0 Å². The van der Waals surface area contributed by atoms with E-state index in [1.165, 1.54) is 12.8 Å². The second-order valence-corrected chi connectivity index (χ2v) is 9.50. The number of rotatable bonds is 6. The lowest BCUT2D eigenvalue weighted by Gasteiger charge is -2.53. The number of aromatic nitrogens is 3. The van der Waals surface area contributed by atoms with Crippen molar-refractivity contribution in [3.8, 4) is 5.95 Å². The molecule has 0 bridgehead atoms. The maximum Gasteiger partial charge on any atom is 0.253 e. The summed E-state index contributed by atoms with van der Waals surface area (Å²) < 4.78 is 1.82. The number of amides is 1. The number of nitrogens with zero attached hydrogens (tertiary/aromatic N) is 3. The zero-order valence-electron chi connectivity index (χ0n) is 18.0. The number of carbonyl (C=O) groups excluding carboxylic acids is 1. The van der Waals surface area contributed by atoms with Crippen molar-refractivity contribution in [3.63, 3.8) is 0 Å². The van der Waals surface area contributed by atoms with Crippen molar-refractivity contribution in [2.75, 3.05) is 6.54 Å². The summed E-state index contributed by atoms with van der Waals surface area (Å²) in [6, 6.07) is 7.38. The Hall–Kier alpha value is -2.40. The molecular weight excluding hydrogens is 396 g/mol. The molecule has 2 heterocycles. The Bertz CT molecular complexity index is 1060. The van der Waals surface area contributed by atoms with Gasteiger partial charge in [0.1, 0.15) is 0 Å². The fraction of sp³-hybridized carbons (Fsp3) is 0.458. The Morgan fingerprint density at radius 2 is 2.00 bits per heavy atom. The molecule has 30 heavy (non-hydrogen) atoms. The van der Waals surface area contributed by atoms with Gasteiger partial charge in [0, 0.05) is 30.5 Å². The number of hydrogen-bond acceptors (Lipinski definition) is 3. The van der Waals surface area contributed by atoms with Gasteiger partial charge in [0.15, 0.2) is 0 Å². The third-order valence-corrected chi connectivity index (χ3v) is 7.54. The van der Waals surface area contributed by atoms with Crippen LogP contribution in [-0.4, -0.2) is 27.0 Å². The van der Waals surface area contributed by atoms with E-state index in [-0.39, 0.29) is 5.91 Å². The van der Waals surface area contributed by atoms with E-state index in [1.54, 1.807) is 24.7 Å². The maximum atomic E-state index is 13.2. The smallest absolute Gasteiger partial charge is 0.253 e. The van der Waals surface area contributed by atoms with Crippen molar-refractivity contribution >= 4 is 28.4 Å².